The third-order valence-electron chi connectivity index (χ3n) is 3.13. The summed E-state index contributed by atoms with van der Waals surface area (Å²) in [7, 11) is 0. The quantitative estimate of drug-likeness (QED) is 0.928. The van der Waals surface area contributed by atoms with Crippen molar-refractivity contribution in [3.8, 4) is 11.5 Å². The number of rotatable bonds is 4. The summed E-state index contributed by atoms with van der Waals surface area (Å²) < 4.78 is 12.4. The molecule has 0 fully saturated rings. The molecule has 3 nitrogen and oxygen atoms in total. The minimum atomic E-state index is 0.447. The molecule has 0 atom stereocenters. The monoisotopic (exact) mass is 313 g/mol. The Morgan fingerprint density at radius 1 is 1.33 bits per heavy atom. The van der Waals surface area contributed by atoms with Crippen LogP contribution in [0.4, 0.5) is 0 Å². The van der Waals surface area contributed by atoms with Crippen molar-refractivity contribution in [2.75, 3.05) is 19.8 Å². The standard InChI is InChI=1S/C14H20BrNO2/c1-9(2)12-10(4-3-5-16)8-11-14(13(12)15)18-7-6-17-11/h8-9H,3-7,16H2,1-2H3. The molecule has 2 rings (SSSR count). The van der Waals surface area contributed by atoms with Crippen LogP contribution in [0.5, 0.6) is 11.5 Å². The molecule has 0 bridgehead atoms. The van der Waals surface area contributed by atoms with Crippen LogP contribution in [0.25, 0.3) is 0 Å². The van der Waals surface area contributed by atoms with Gasteiger partial charge in [-0.05, 0) is 58.4 Å². The number of fused-ring (bicyclic) bond motifs is 1. The van der Waals surface area contributed by atoms with Crippen molar-refractivity contribution in [3.63, 3.8) is 0 Å². The molecule has 0 aromatic heterocycles. The molecule has 0 aliphatic carbocycles. The minimum Gasteiger partial charge on any atom is -0.486 e. The highest BCUT2D eigenvalue weighted by Crippen LogP contribution is 2.44. The predicted octanol–water partition coefficient (Wildman–Crippen LogP) is 3.24. The Kier molecular flexibility index (Phi) is 4.51. The molecule has 18 heavy (non-hydrogen) atoms. The van der Waals surface area contributed by atoms with Crippen molar-refractivity contribution in [1.82, 2.24) is 0 Å². The van der Waals surface area contributed by atoms with Crippen LogP contribution in [0.15, 0.2) is 10.5 Å². The van der Waals surface area contributed by atoms with Gasteiger partial charge in [-0.15, -0.1) is 0 Å². The molecule has 0 spiro atoms. The summed E-state index contributed by atoms with van der Waals surface area (Å²) in [6.07, 6.45) is 1.98. The maximum atomic E-state index is 5.71. The van der Waals surface area contributed by atoms with Crippen molar-refractivity contribution >= 4 is 15.9 Å². The summed E-state index contributed by atoms with van der Waals surface area (Å²) in [5.74, 6) is 2.15. The zero-order valence-electron chi connectivity index (χ0n) is 11.0. The number of aryl methyl sites for hydroxylation is 1. The second-order valence-corrected chi connectivity index (χ2v) is 5.63. The summed E-state index contributed by atoms with van der Waals surface area (Å²) in [4.78, 5) is 0. The van der Waals surface area contributed by atoms with Gasteiger partial charge in [0.15, 0.2) is 11.5 Å². The molecule has 0 radical (unpaired) electrons. The van der Waals surface area contributed by atoms with Crippen LogP contribution in [-0.4, -0.2) is 19.8 Å². The van der Waals surface area contributed by atoms with E-state index in [0.717, 1.165) is 28.8 Å². The van der Waals surface area contributed by atoms with Gasteiger partial charge < -0.3 is 15.2 Å². The van der Waals surface area contributed by atoms with Crippen LogP contribution in [0.3, 0.4) is 0 Å². The second kappa shape index (κ2) is 5.93. The number of nitrogens with two attached hydrogens (primary N) is 1. The maximum absolute atomic E-state index is 5.71. The predicted molar refractivity (Wildman–Crippen MR) is 76.6 cm³/mol. The van der Waals surface area contributed by atoms with E-state index >= 15 is 0 Å². The first-order chi connectivity index (χ1) is 8.65. The van der Waals surface area contributed by atoms with Crippen LogP contribution in [0.1, 0.15) is 37.3 Å². The fourth-order valence-electron chi connectivity index (χ4n) is 2.33. The number of hydrogen-bond donors (Lipinski definition) is 1. The van der Waals surface area contributed by atoms with E-state index in [1.165, 1.54) is 11.1 Å². The van der Waals surface area contributed by atoms with Gasteiger partial charge in [0.2, 0.25) is 0 Å². The fraction of sp³-hybridized carbons (Fsp3) is 0.571. The van der Waals surface area contributed by atoms with E-state index in [1.54, 1.807) is 0 Å². The van der Waals surface area contributed by atoms with Gasteiger partial charge >= 0.3 is 0 Å². The summed E-state index contributed by atoms with van der Waals surface area (Å²) in [5, 5.41) is 0. The molecule has 0 saturated carbocycles. The number of benzene rings is 1. The smallest absolute Gasteiger partial charge is 0.175 e. The molecule has 1 aromatic rings. The van der Waals surface area contributed by atoms with Gasteiger partial charge in [-0.25, -0.2) is 0 Å². The molecule has 1 aromatic carbocycles. The van der Waals surface area contributed by atoms with Crippen molar-refractivity contribution in [3.05, 3.63) is 21.7 Å². The molecule has 0 unspecified atom stereocenters. The topological polar surface area (TPSA) is 44.5 Å². The van der Waals surface area contributed by atoms with Crippen LogP contribution in [0, 0.1) is 0 Å². The van der Waals surface area contributed by atoms with Crippen LogP contribution in [-0.2, 0) is 6.42 Å². The highest BCUT2D eigenvalue weighted by Gasteiger charge is 2.22. The number of hydrogen-bond acceptors (Lipinski definition) is 3. The van der Waals surface area contributed by atoms with Gasteiger partial charge in [-0.1, -0.05) is 13.8 Å². The Morgan fingerprint density at radius 3 is 2.72 bits per heavy atom. The van der Waals surface area contributed by atoms with Gasteiger partial charge in [0.05, 0.1) is 4.47 Å². The van der Waals surface area contributed by atoms with Gasteiger partial charge in [-0.3, -0.25) is 0 Å². The van der Waals surface area contributed by atoms with Crippen molar-refractivity contribution in [2.24, 2.45) is 5.73 Å². The van der Waals surface area contributed by atoms with E-state index in [-0.39, 0.29) is 0 Å². The highest BCUT2D eigenvalue weighted by molar-refractivity contribution is 9.10. The van der Waals surface area contributed by atoms with E-state index in [2.05, 4.69) is 35.8 Å². The molecule has 100 valence electrons. The summed E-state index contributed by atoms with van der Waals surface area (Å²) >= 11 is 3.67. The molecule has 2 N–H and O–H groups in total. The van der Waals surface area contributed by atoms with Gasteiger partial charge in [0.1, 0.15) is 13.2 Å². The Bertz CT molecular complexity index is 432. The SMILES string of the molecule is CC(C)c1c(CCCN)cc2c(c1Br)OCCO2. The molecule has 1 heterocycles. The first-order valence-electron chi connectivity index (χ1n) is 6.46. The molecular formula is C14H20BrNO2. The Labute approximate surface area is 117 Å². The normalized spacial score (nSPS) is 14.1. The van der Waals surface area contributed by atoms with E-state index in [9.17, 15) is 0 Å². The van der Waals surface area contributed by atoms with Gasteiger partial charge in [0, 0.05) is 0 Å². The highest BCUT2D eigenvalue weighted by atomic mass is 79.9. The molecule has 4 heteroatoms. The largest absolute Gasteiger partial charge is 0.486 e. The average Bonchev–Trinajstić information content (AvgIpc) is 2.36. The lowest BCUT2D eigenvalue weighted by molar-refractivity contribution is 0.170. The van der Waals surface area contributed by atoms with E-state index in [4.69, 9.17) is 15.2 Å². The molecule has 1 aliphatic rings. The van der Waals surface area contributed by atoms with Crippen LogP contribution < -0.4 is 15.2 Å². The third-order valence-corrected chi connectivity index (χ3v) is 3.91. The fourth-order valence-corrected chi connectivity index (χ4v) is 3.36. The summed E-state index contributed by atoms with van der Waals surface area (Å²) in [6.45, 7) is 6.34. The number of halogens is 1. The van der Waals surface area contributed by atoms with Crippen LogP contribution in [0.2, 0.25) is 0 Å². The first kappa shape index (κ1) is 13.7. The van der Waals surface area contributed by atoms with Crippen molar-refractivity contribution in [2.45, 2.75) is 32.6 Å². The van der Waals surface area contributed by atoms with Crippen molar-refractivity contribution < 1.29 is 9.47 Å². The van der Waals surface area contributed by atoms with Gasteiger partial charge in [-0.2, -0.15) is 0 Å². The summed E-state index contributed by atoms with van der Waals surface area (Å²) in [5.41, 5.74) is 8.24. The Morgan fingerprint density at radius 2 is 2.06 bits per heavy atom. The Balaban J connectivity index is 2.46. The average molecular weight is 314 g/mol. The van der Waals surface area contributed by atoms with E-state index < -0.39 is 0 Å². The summed E-state index contributed by atoms with van der Waals surface area (Å²) in [6, 6.07) is 2.12. The third kappa shape index (κ3) is 2.64. The van der Waals surface area contributed by atoms with Crippen molar-refractivity contribution in [1.29, 1.82) is 0 Å². The van der Waals surface area contributed by atoms with Gasteiger partial charge in [0.25, 0.3) is 0 Å². The lowest BCUT2D eigenvalue weighted by Gasteiger charge is -2.24. The van der Waals surface area contributed by atoms with E-state index in [1.807, 2.05) is 0 Å². The zero-order chi connectivity index (χ0) is 13.1. The van der Waals surface area contributed by atoms with E-state index in [0.29, 0.717) is 25.7 Å². The Hall–Kier alpha value is -0.740. The first-order valence-corrected chi connectivity index (χ1v) is 7.25. The lowest BCUT2D eigenvalue weighted by atomic mass is 9.93. The minimum absolute atomic E-state index is 0.447. The molecule has 0 amide bonds. The lowest BCUT2D eigenvalue weighted by Crippen LogP contribution is -2.17. The zero-order valence-corrected chi connectivity index (χ0v) is 12.5. The van der Waals surface area contributed by atoms with Crippen LogP contribution >= 0.6 is 15.9 Å². The molecular weight excluding hydrogens is 294 g/mol. The molecule has 0 saturated heterocycles. The molecule has 1 aliphatic heterocycles. The maximum Gasteiger partial charge on any atom is 0.175 e. The number of ether oxygens (including phenoxy) is 2. The second-order valence-electron chi connectivity index (χ2n) is 4.83.